The molecule has 2 aliphatic rings. The molecule has 0 unspecified atom stereocenters. The Morgan fingerprint density at radius 2 is 1.66 bits per heavy atom. The predicted molar refractivity (Wildman–Crippen MR) is 151 cm³/mol. The maximum Gasteiger partial charge on any atom is 0.272 e. The van der Waals surface area contributed by atoms with Crippen LogP contribution >= 0.6 is 0 Å². The summed E-state index contributed by atoms with van der Waals surface area (Å²) in [5.74, 6) is 0.214. The SMILES string of the molecule is Cc1c(CCc2ccc(C(C)(C)C)cc2)ncnc1C(=O)N1CCC(N2CCC[C@@H]2CC(=O)N(C)C)CC1. The number of hydrogen-bond donors (Lipinski definition) is 0. The summed E-state index contributed by atoms with van der Waals surface area (Å²) in [6, 6.07) is 9.60. The van der Waals surface area contributed by atoms with Crippen LogP contribution in [0.2, 0.25) is 0 Å². The van der Waals surface area contributed by atoms with Gasteiger partial charge in [-0.1, -0.05) is 45.0 Å². The normalized spacial score (nSPS) is 19.1. The maximum absolute atomic E-state index is 13.5. The zero-order valence-electron chi connectivity index (χ0n) is 24.2. The Morgan fingerprint density at radius 3 is 2.29 bits per heavy atom. The van der Waals surface area contributed by atoms with Gasteiger partial charge in [0.2, 0.25) is 5.91 Å². The van der Waals surface area contributed by atoms with Gasteiger partial charge >= 0.3 is 0 Å². The number of aryl methyl sites for hydroxylation is 2. The van der Waals surface area contributed by atoms with Crippen LogP contribution in [-0.4, -0.2) is 82.3 Å². The molecule has 7 heteroatoms. The molecule has 2 saturated heterocycles. The minimum absolute atomic E-state index is 0.0138. The monoisotopic (exact) mass is 519 g/mol. The van der Waals surface area contributed by atoms with Crippen LogP contribution in [0.15, 0.2) is 30.6 Å². The Morgan fingerprint density at radius 1 is 0.974 bits per heavy atom. The molecular weight excluding hydrogens is 474 g/mol. The van der Waals surface area contributed by atoms with Gasteiger partial charge in [0.15, 0.2) is 0 Å². The number of carbonyl (C=O) groups excluding carboxylic acids is 2. The Labute approximate surface area is 228 Å². The highest BCUT2D eigenvalue weighted by Crippen LogP contribution is 2.29. The Hall–Kier alpha value is -2.80. The Bertz CT molecular complexity index is 1110. The summed E-state index contributed by atoms with van der Waals surface area (Å²) in [6.45, 7) is 11.2. The summed E-state index contributed by atoms with van der Waals surface area (Å²) in [4.78, 5) is 40.9. The van der Waals surface area contributed by atoms with E-state index in [1.807, 2.05) is 25.9 Å². The molecule has 0 bridgehead atoms. The summed E-state index contributed by atoms with van der Waals surface area (Å²) in [5, 5.41) is 0. The van der Waals surface area contributed by atoms with Crippen molar-refractivity contribution >= 4 is 11.8 Å². The molecule has 3 heterocycles. The van der Waals surface area contributed by atoms with Gasteiger partial charge < -0.3 is 9.80 Å². The first kappa shape index (κ1) is 28.2. The largest absolute Gasteiger partial charge is 0.349 e. The second-order valence-corrected chi connectivity index (χ2v) is 12.3. The van der Waals surface area contributed by atoms with Gasteiger partial charge in [0, 0.05) is 56.9 Å². The van der Waals surface area contributed by atoms with Crippen molar-refractivity contribution in [1.82, 2.24) is 24.7 Å². The van der Waals surface area contributed by atoms with Crippen LogP contribution in [0.4, 0.5) is 0 Å². The van der Waals surface area contributed by atoms with E-state index in [0.717, 1.165) is 69.4 Å². The summed E-state index contributed by atoms with van der Waals surface area (Å²) in [7, 11) is 3.66. The molecule has 2 aliphatic heterocycles. The third-order valence-corrected chi connectivity index (χ3v) is 8.41. The molecule has 4 rings (SSSR count). The maximum atomic E-state index is 13.5. The van der Waals surface area contributed by atoms with E-state index in [4.69, 9.17) is 0 Å². The lowest BCUT2D eigenvalue weighted by Gasteiger charge is -2.39. The highest BCUT2D eigenvalue weighted by atomic mass is 16.2. The third kappa shape index (κ3) is 6.60. The zero-order chi connectivity index (χ0) is 27.4. The van der Waals surface area contributed by atoms with Gasteiger partial charge in [-0.3, -0.25) is 14.5 Å². The molecule has 0 spiro atoms. The van der Waals surface area contributed by atoms with Crippen molar-refractivity contribution in [2.75, 3.05) is 33.7 Å². The summed E-state index contributed by atoms with van der Waals surface area (Å²) in [5.41, 5.74) is 5.13. The Balaban J connectivity index is 1.34. The van der Waals surface area contributed by atoms with Crippen LogP contribution in [0.1, 0.15) is 85.7 Å². The van der Waals surface area contributed by atoms with E-state index in [0.29, 0.717) is 24.2 Å². The zero-order valence-corrected chi connectivity index (χ0v) is 24.2. The quantitative estimate of drug-likeness (QED) is 0.542. The topological polar surface area (TPSA) is 69.6 Å². The molecule has 206 valence electrons. The molecule has 0 radical (unpaired) electrons. The number of benzene rings is 1. The van der Waals surface area contributed by atoms with E-state index in [1.54, 1.807) is 11.2 Å². The molecule has 0 saturated carbocycles. The van der Waals surface area contributed by atoms with E-state index < -0.39 is 0 Å². The molecule has 1 aromatic carbocycles. The van der Waals surface area contributed by atoms with Crippen LogP contribution in [0.5, 0.6) is 0 Å². The van der Waals surface area contributed by atoms with Crippen molar-refractivity contribution in [1.29, 1.82) is 0 Å². The number of likely N-dealkylation sites (tertiary alicyclic amines) is 2. The second-order valence-electron chi connectivity index (χ2n) is 12.3. The smallest absolute Gasteiger partial charge is 0.272 e. The number of aromatic nitrogens is 2. The molecule has 2 aromatic rings. The van der Waals surface area contributed by atoms with Crippen molar-refractivity contribution < 1.29 is 9.59 Å². The van der Waals surface area contributed by atoms with Crippen LogP contribution in [0.25, 0.3) is 0 Å². The van der Waals surface area contributed by atoms with Crippen LogP contribution < -0.4 is 0 Å². The number of carbonyl (C=O) groups is 2. The number of hydrogen-bond acceptors (Lipinski definition) is 5. The van der Waals surface area contributed by atoms with Crippen LogP contribution in [0.3, 0.4) is 0 Å². The molecule has 7 nitrogen and oxygen atoms in total. The molecule has 2 fully saturated rings. The average Bonchev–Trinajstić information content (AvgIpc) is 3.35. The van der Waals surface area contributed by atoms with Crippen molar-refractivity contribution in [3.05, 3.63) is 58.7 Å². The number of piperidine rings is 1. The van der Waals surface area contributed by atoms with E-state index in [-0.39, 0.29) is 17.2 Å². The lowest BCUT2D eigenvalue weighted by Crippen LogP contribution is -2.49. The van der Waals surface area contributed by atoms with Gasteiger partial charge in [-0.2, -0.15) is 0 Å². The van der Waals surface area contributed by atoms with Crippen molar-refractivity contribution in [2.45, 2.75) is 90.1 Å². The summed E-state index contributed by atoms with van der Waals surface area (Å²) < 4.78 is 0. The number of rotatable bonds is 7. The highest BCUT2D eigenvalue weighted by Gasteiger charge is 2.35. The lowest BCUT2D eigenvalue weighted by molar-refractivity contribution is -0.130. The molecule has 0 N–H and O–H groups in total. The fourth-order valence-electron chi connectivity index (χ4n) is 5.88. The van der Waals surface area contributed by atoms with Gasteiger partial charge in [-0.05, 0) is 68.5 Å². The standard InChI is InChI=1S/C31H45N5O2/c1-22-27(14-11-23-9-12-24(13-10-23)31(2,3)4)32-21-33-29(22)30(38)35-18-15-25(16-19-35)36-17-7-8-26(36)20-28(37)34(5)6/h9-10,12-13,21,25-26H,7-8,11,14-20H2,1-6H3/t26-/m1/s1. The van der Waals surface area contributed by atoms with E-state index >= 15 is 0 Å². The fourth-order valence-corrected chi connectivity index (χ4v) is 5.88. The van der Waals surface area contributed by atoms with Crippen LogP contribution in [-0.2, 0) is 23.1 Å². The third-order valence-electron chi connectivity index (χ3n) is 8.41. The van der Waals surface area contributed by atoms with Crippen molar-refractivity contribution in [3.63, 3.8) is 0 Å². The van der Waals surface area contributed by atoms with Gasteiger partial charge in [-0.15, -0.1) is 0 Å². The number of nitrogens with zero attached hydrogens (tertiary/aromatic N) is 5. The molecule has 0 aliphatic carbocycles. The predicted octanol–water partition coefficient (Wildman–Crippen LogP) is 4.42. The minimum atomic E-state index is 0.0138. The first-order chi connectivity index (χ1) is 18.0. The molecule has 1 atom stereocenters. The van der Waals surface area contributed by atoms with Crippen LogP contribution in [0, 0.1) is 6.92 Å². The van der Waals surface area contributed by atoms with E-state index in [2.05, 4.69) is 59.9 Å². The van der Waals surface area contributed by atoms with Gasteiger partial charge in [0.25, 0.3) is 5.91 Å². The highest BCUT2D eigenvalue weighted by molar-refractivity contribution is 5.93. The summed E-state index contributed by atoms with van der Waals surface area (Å²) >= 11 is 0. The minimum Gasteiger partial charge on any atom is -0.349 e. The first-order valence-corrected chi connectivity index (χ1v) is 14.2. The molecule has 2 amide bonds. The lowest BCUT2D eigenvalue weighted by atomic mass is 9.86. The van der Waals surface area contributed by atoms with Gasteiger partial charge in [0.1, 0.15) is 12.0 Å². The first-order valence-electron chi connectivity index (χ1n) is 14.2. The molecule has 1 aromatic heterocycles. The van der Waals surface area contributed by atoms with Crippen molar-refractivity contribution in [2.24, 2.45) is 0 Å². The fraction of sp³-hybridized carbons (Fsp3) is 0.613. The Kier molecular flexibility index (Phi) is 8.86. The molecule has 38 heavy (non-hydrogen) atoms. The van der Waals surface area contributed by atoms with Gasteiger partial charge in [-0.25, -0.2) is 9.97 Å². The molecular formula is C31H45N5O2. The van der Waals surface area contributed by atoms with Crippen molar-refractivity contribution in [3.8, 4) is 0 Å². The van der Waals surface area contributed by atoms with E-state index in [9.17, 15) is 9.59 Å². The van der Waals surface area contributed by atoms with Gasteiger partial charge in [0.05, 0.1) is 0 Å². The average molecular weight is 520 g/mol. The second kappa shape index (κ2) is 11.9. The number of amides is 2. The summed E-state index contributed by atoms with van der Waals surface area (Å²) in [6.07, 6.45) is 7.93. The van der Waals surface area contributed by atoms with E-state index in [1.165, 1.54) is 11.1 Å².